The number of hydrogen-bond acceptors (Lipinski definition) is 2. The maximum Gasteiger partial charge on any atom is 0.416 e. The fourth-order valence-corrected chi connectivity index (χ4v) is 1.56. The third-order valence-corrected chi connectivity index (χ3v) is 2.43. The third-order valence-electron chi connectivity index (χ3n) is 2.43. The van der Waals surface area contributed by atoms with Crippen LogP contribution in [0.15, 0.2) is 18.2 Å². The molecule has 0 aliphatic rings. The lowest BCUT2D eigenvalue weighted by molar-refractivity contribution is -0.138. The first-order valence-electron chi connectivity index (χ1n) is 5.13. The second kappa shape index (κ2) is 5.28. The number of benzene rings is 1. The predicted molar refractivity (Wildman–Crippen MR) is 56.7 cm³/mol. The zero-order chi connectivity index (χ0) is 14.8. The van der Waals surface area contributed by atoms with Gasteiger partial charge in [-0.3, -0.25) is 0 Å². The summed E-state index contributed by atoms with van der Waals surface area (Å²) in [6.07, 6.45) is -9.24. The summed E-state index contributed by atoms with van der Waals surface area (Å²) >= 11 is 0. The Balaban J connectivity index is 3.12. The SMILES string of the molecule is CN(CC(F)(F)F)c1ccc(CO)c(C(F)(F)F)c1. The fourth-order valence-electron chi connectivity index (χ4n) is 1.56. The highest BCUT2D eigenvalue weighted by atomic mass is 19.4. The van der Waals surface area contributed by atoms with Crippen molar-refractivity contribution in [2.24, 2.45) is 0 Å². The Bertz CT molecular complexity index is 440. The van der Waals surface area contributed by atoms with Crippen LogP contribution in [0.1, 0.15) is 11.1 Å². The Morgan fingerprint density at radius 2 is 1.68 bits per heavy atom. The van der Waals surface area contributed by atoms with E-state index in [1.54, 1.807) is 0 Å². The van der Waals surface area contributed by atoms with E-state index in [9.17, 15) is 26.3 Å². The summed E-state index contributed by atoms with van der Waals surface area (Å²) in [6.45, 7) is -2.19. The molecule has 8 heteroatoms. The highest BCUT2D eigenvalue weighted by molar-refractivity contribution is 5.51. The molecule has 0 heterocycles. The average Bonchev–Trinajstić information content (AvgIpc) is 2.24. The maximum absolute atomic E-state index is 12.7. The second-order valence-electron chi connectivity index (χ2n) is 3.97. The molecular formula is C11H11F6NO. The number of alkyl halides is 6. The van der Waals surface area contributed by atoms with Crippen molar-refractivity contribution in [2.75, 3.05) is 18.5 Å². The number of halogens is 6. The first-order valence-corrected chi connectivity index (χ1v) is 5.13. The van der Waals surface area contributed by atoms with Gasteiger partial charge in [-0.05, 0) is 17.7 Å². The van der Waals surface area contributed by atoms with Crippen molar-refractivity contribution in [3.05, 3.63) is 29.3 Å². The van der Waals surface area contributed by atoms with Crippen molar-refractivity contribution in [1.82, 2.24) is 0 Å². The van der Waals surface area contributed by atoms with Crippen LogP contribution in [0.5, 0.6) is 0 Å². The van der Waals surface area contributed by atoms with E-state index in [1.165, 1.54) is 0 Å². The maximum atomic E-state index is 12.7. The number of anilines is 1. The molecule has 0 aromatic heterocycles. The molecular weight excluding hydrogens is 276 g/mol. The zero-order valence-electron chi connectivity index (χ0n) is 9.81. The monoisotopic (exact) mass is 287 g/mol. The lowest BCUT2D eigenvalue weighted by Gasteiger charge is -2.22. The van der Waals surface area contributed by atoms with Crippen LogP contribution in [-0.2, 0) is 12.8 Å². The first kappa shape index (κ1) is 15.6. The van der Waals surface area contributed by atoms with E-state index >= 15 is 0 Å². The molecule has 1 rings (SSSR count). The number of aliphatic hydroxyl groups is 1. The van der Waals surface area contributed by atoms with E-state index in [0.29, 0.717) is 11.0 Å². The second-order valence-corrected chi connectivity index (χ2v) is 3.97. The van der Waals surface area contributed by atoms with Crippen LogP contribution in [-0.4, -0.2) is 24.9 Å². The Kier molecular flexibility index (Phi) is 4.34. The van der Waals surface area contributed by atoms with Gasteiger partial charge in [0.1, 0.15) is 6.54 Å². The van der Waals surface area contributed by atoms with E-state index in [2.05, 4.69) is 0 Å². The topological polar surface area (TPSA) is 23.5 Å². The van der Waals surface area contributed by atoms with E-state index in [0.717, 1.165) is 19.2 Å². The van der Waals surface area contributed by atoms with Crippen LogP contribution >= 0.6 is 0 Å². The normalized spacial score (nSPS) is 12.6. The van der Waals surface area contributed by atoms with Crippen molar-refractivity contribution in [2.45, 2.75) is 19.0 Å². The Morgan fingerprint density at radius 1 is 1.11 bits per heavy atom. The molecule has 0 amide bonds. The Hall–Kier alpha value is -1.44. The summed E-state index contributed by atoms with van der Waals surface area (Å²) < 4.78 is 74.5. The molecule has 1 aromatic rings. The predicted octanol–water partition coefficient (Wildman–Crippen LogP) is 3.20. The van der Waals surface area contributed by atoms with Crippen molar-refractivity contribution in [3.8, 4) is 0 Å². The van der Waals surface area contributed by atoms with Gasteiger partial charge in [0.05, 0.1) is 12.2 Å². The minimum absolute atomic E-state index is 0.221. The molecule has 0 fully saturated rings. The summed E-state index contributed by atoms with van der Waals surface area (Å²) in [5.74, 6) is 0. The summed E-state index contributed by atoms with van der Waals surface area (Å²) in [5, 5.41) is 8.80. The van der Waals surface area contributed by atoms with Gasteiger partial charge < -0.3 is 10.0 Å². The molecule has 0 bridgehead atoms. The fraction of sp³-hybridized carbons (Fsp3) is 0.455. The zero-order valence-corrected chi connectivity index (χ0v) is 9.81. The molecule has 1 aromatic carbocycles. The molecule has 19 heavy (non-hydrogen) atoms. The highest BCUT2D eigenvalue weighted by Crippen LogP contribution is 2.35. The van der Waals surface area contributed by atoms with E-state index in [1.807, 2.05) is 0 Å². The van der Waals surface area contributed by atoms with Crippen LogP contribution < -0.4 is 4.90 Å². The number of aliphatic hydroxyl groups excluding tert-OH is 1. The summed E-state index contributed by atoms with van der Waals surface area (Å²) in [7, 11) is 1.04. The number of rotatable bonds is 3. The summed E-state index contributed by atoms with van der Waals surface area (Å²) in [6, 6.07) is 2.66. The largest absolute Gasteiger partial charge is 0.416 e. The van der Waals surface area contributed by atoms with Gasteiger partial charge >= 0.3 is 12.4 Å². The lowest BCUT2D eigenvalue weighted by Crippen LogP contribution is -2.31. The molecule has 0 aliphatic carbocycles. The molecule has 0 radical (unpaired) electrons. The van der Waals surface area contributed by atoms with Crippen LogP contribution in [0, 0.1) is 0 Å². The third kappa shape index (κ3) is 4.30. The van der Waals surface area contributed by atoms with Gasteiger partial charge in [-0.15, -0.1) is 0 Å². The Morgan fingerprint density at radius 3 is 2.11 bits per heavy atom. The Labute approximate surface area is 105 Å². The first-order chi connectivity index (χ1) is 8.54. The van der Waals surface area contributed by atoms with Crippen LogP contribution in [0.4, 0.5) is 32.0 Å². The molecule has 0 saturated carbocycles. The van der Waals surface area contributed by atoms with Crippen LogP contribution in [0.25, 0.3) is 0 Å². The van der Waals surface area contributed by atoms with Gasteiger partial charge in [-0.1, -0.05) is 6.07 Å². The minimum atomic E-state index is -4.73. The number of nitrogens with zero attached hydrogens (tertiary/aromatic N) is 1. The van der Waals surface area contributed by atoms with E-state index < -0.39 is 31.1 Å². The van der Waals surface area contributed by atoms with Gasteiger partial charge in [0, 0.05) is 12.7 Å². The standard InChI is InChI=1S/C11H11F6NO/c1-18(6-10(12,13)14)8-3-2-7(5-19)9(4-8)11(15,16)17/h2-4,19H,5-6H2,1H3. The summed E-state index contributed by atoms with van der Waals surface area (Å²) in [4.78, 5) is 0.663. The van der Waals surface area contributed by atoms with Gasteiger partial charge in [0.2, 0.25) is 0 Å². The summed E-state index contributed by atoms with van der Waals surface area (Å²) in [5.41, 5.74) is -1.74. The quantitative estimate of drug-likeness (QED) is 0.863. The molecule has 0 spiro atoms. The average molecular weight is 287 g/mol. The lowest BCUT2D eigenvalue weighted by atomic mass is 10.1. The molecule has 0 saturated heterocycles. The van der Waals surface area contributed by atoms with E-state index in [4.69, 9.17) is 5.11 Å². The van der Waals surface area contributed by atoms with Crippen molar-refractivity contribution in [1.29, 1.82) is 0 Å². The molecule has 2 nitrogen and oxygen atoms in total. The smallest absolute Gasteiger partial charge is 0.392 e. The van der Waals surface area contributed by atoms with Gasteiger partial charge in [-0.2, -0.15) is 26.3 Å². The van der Waals surface area contributed by atoms with E-state index in [-0.39, 0.29) is 11.3 Å². The molecule has 0 unspecified atom stereocenters. The van der Waals surface area contributed by atoms with Crippen LogP contribution in [0.3, 0.4) is 0 Å². The van der Waals surface area contributed by atoms with Gasteiger partial charge in [0.25, 0.3) is 0 Å². The molecule has 0 atom stereocenters. The molecule has 0 aliphatic heterocycles. The van der Waals surface area contributed by atoms with Crippen molar-refractivity contribution >= 4 is 5.69 Å². The van der Waals surface area contributed by atoms with Gasteiger partial charge in [-0.25, -0.2) is 0 Å². The molecule has 1 N–H and O–H groups in total. The highest BCUT2D eigenvalue weighted by Gasteiger charge is 2.34. The number of hydrogen-bond donors (Lipinski definition) is 1. The molecule has 108 valence electrons. The van der Waals surface area contributed by atoms with Crippen molar-refractivity contribution < 1.29 is 31.4 Å². The minimum Gasteiger partial charge on any atom is -0.392 e. The van der Waals surface area contributed by atoms with Crippen LogP contribution in [0.2, 0.25) is 0 Å². The van der Waals surface area contributed by atoms with Crippen molar-refractivity contribution in [3.63, 3.8) is 0 Å². The van der Waals surface area contributed by atoms with Gasteiger partial charge in [0.15, 0.2) is 0 Å².